The van der Waals surface area contributed by atoms with Gasteiger partial charge in [0.15, 0.2) is 0 Å². The second kappa shape index (κ2) is 10.8. The van der Waals surface area contributed by atoms with Gasteiger partial charge in [-0.05, 0) is 30.3 Å². The topological polar surface area (TPSA) is 161 Å². The predicted molar refractivity (Wildman–Crippen MR) is 114 cm³/mol. The van der Waals surface area contributed by atoms with Crippen molar-refractivity contribution in [2.24, 2.45) is 4.99 Å². The van der Waals surface area contributed by atoms with E-state index in [0.717, 1.165) is 20.3 Å². The van der Waals surface area contributed by atoms with Crippen LogP contribution in [-0.2, 0) is 24.4 Å². The van der Waals surface area contributed by atoms with Crippen LogP contribution in [0.2, 0.25) is 0 Å². The number of hydrogen-bond acceptors (Lipinski definition) is 8. The number of para-hydroxylation sites is 1. The van der Waals surface area contributed by atoms with Crippen LogP contribution in [0.25, 0.3) is 0 Å². The minimum Gasteiger partial charge on any atom is -0.453 e. The maximum atomic E-state index is 12.7. The molecule has 170 valence electrons. The largest absolute Gasteiger partial charge is 0.453 e. The number of anilines is 2. The fourth-order valence-corrected chi connectivity index (χ4v) is 3.19. The lowest BCUT2D eigenvalue weighted by Crippen LogP contribution is -2.36. The molecule has 2 aromatic carbocycles. The quantitative estimate of drug-likeness (QED) is 0.342. The van der Waals surface area contributed by atoms with E-state index in [0.29, 0.717) is 0 Å². The molecule has 0 aliphatic heterocycles. The lowest BCUT2D eigenvalue weighted by atomic mass is 10.2. The van der Waals surface area contributed by atoms with Crippen LogP contribution in [0.3, 0.4) is 0 Å². The van der Waals surface area contributed by atoms with Gasteiger partial charge in [-0.3, -0.25) is 10.1 Å². The number of ether oxygens (including phenoxy) is 2. The molecule has 0 unspecified atom stereocenters. The lowest BCUT2D eigenvalue weighted by molar-refractivity contribution is -0.114. The highest BCUT2D eigenvalue weighted by atomic mass is 32.2. The highest BCUT2D eigenvalue weighted by Gasteiger charge is 2.20. The molecule has 2 rings (SSSR count). The summed E-state index contributed by atoms with van der Waals surface area (Å²) in [6.45, 7) is 1.24. The molecular weight excluding hydrogens is 444 g/mol. The van der Waals surface area contributed by atoms with E-state index in [1.54, 1.807) is 18.2 Å². The van der Waals surface area contributed by atoms with E-state index in [1.807, 2.05) is 0 Å². The number of aliphatic imine (C=N–C) groups is 1. The van der Waals surface area contributed by atoms with Crippen LogP contribution in [0.15, 0.2) is 58.4 Å². The summed E-state index contributed by atoms with van der Waals surface area (Å²) in [6, 6.07) is 11.4. The van der Waals surface area contributed by atoms with Gasteiger partial charge in [-0.2, -0.15) is 8.42 Å². The fourth-order valence-electron chi connectivity index (χ4n) is 2.23. The SMILES string of the molecule is COC(=O)N=C(NC(=O)OC)Nc1cc(S(=O)(=O)Oc2ccccc2)ccc1NC(C)=O. The number of nitrogens with one attached hydrogen (secondary N) is 3. The summed E-state index contributed by atoms with van der Waals surface area (Å²) in [5.41, 5.74) is 0.0948. The number of nitrogens with zero attached hydrogens (tertiary/aromatic N) is 1. The third kappa shape index (κ3) is 6.98. The lowest BCUT2D eigenvalue weighted by Gasteiger charge is -2.16. The predicted octanol–water partition coefficient (Wildman–Crippen LogP) is 2.30. The smallest absolute Gasteiger partial charge is 0.436 e. The van der Waals surface area contributed by atoms with Gasteiger partial charge in [-0.15, -0.1) is 4.99 Å². The van der Waals surface area contributed by atoms with E-state index in [4.69, 9.17) is 4.18 Å². The summed E-state index contributed by atoms with van der Waals surface area (Å²) in [5.74, 6) is -0.821. The van der Waals surface area contributed by atoms with E-state index in [-0.39, 0.29) is 22.0 Å². The first-order chi connectivity index (χ1) is 15.1. The van der Waals surface area contributed by atoms with Crippen molar-refractivity contribution in [2.75, 3.05) is 24.9 Å². The summed E-state index contributed by atoms with van der Waals surface area (Å²) in [4.78, 5) is 37.9. The Labute approximate surface area is 183 Å². The molecule has 0 atom stereocenters. The molecule has 0 heterocycles. The third-order valence-electron chi connectivity index (χ3n) is 3.58. The van der Waals surface area contributed by atoms with Crippen molar-refractivity contribution in [3.63, 3.8) is 0 Å². The Hall–Kier alpha value is -4.13. The number of guanidine groups is 1. The van der Waals surface area contributed by atoms with Gasteiger partial charge in [0.05, 0.1) is 25.6 Å². The molecule has 13 heteroatoms. The molecule has 0 aliphatic rings. The van der Waals surface area contributed by atoms with Gasteiger partial charge in [0.2, 0.25) is 11.9 Å². The van der Waals surface area contributed by atoms with Gasteiger partial charge < -0.3 is 24.3 Å². The van der Waals surface area contributed by atoms with Crippen molar-refractivity contribution in [1.29, 1.82) is 0 Å². The maximum Gasteiger partial charge on any atom is 0.436 e. The Bertz CT molecular complexity index is 1130. The summed E-state index contributed by atoms with van der Waals surface area (Å²) in [7, 11) is -2.12. The second-order valence-corrected chi connectivity index (χ2v) is 7.46. The minimum atomic E-state index is -4.27. The average Bonchev–Trinajstić information content (AvgIpc) is 2.74. The van der Waals surface area contributed by atoms with E-state index in [1.165, 1.54) is 31.2 Å². The number of carbonyl (C=O) groups is 3. The van der Waals surface area contributed by atoms with E-state index in [9.17, 15) is 22.8 Å². The molecule has 3 N–H and O–H groups in total. The molecule has 2 aromatic rings. The van der Waals surface area contributed by atoms with E-state index >= 15 is 0 Å². The fraction of sp³-hybridized carbons (Fsp3) is 0.158. The number of amides is 3. The van der Waals surface area contributed by atoms with Gasteiger partial charge in [0.25, 0.3) is 0 Å². The van der Waals surface area contributed by atoms with Crippen molar-refractivity contribution in [3.05, 3.63) is 48.5 Å². The number of hydrogen-bond donors (Lipinski definition) is 3. The summed E-state index contributed by atoms with van der Waals surface area (Å²) >= 11 is 0. The average molecular weight is 464 g/mol. The third-order valence-corrected chi connectivity index (χ3v) is 4.82. The summed E-state index contributed by atoms with van der Waals surface area (Å²) in [5, 5.41) is 7.19. The molecule has 0 saturated heterocycles. The summed E-state index contributed by atoms with van der Waals surface area (Å²) in [6.07, 6.45) is -2.04. The molecule has 0 fully saturated rings. The molecule has 0 radical (unpaired) electrons. The Kier molecular flexibility index (Phi) is 8.12. The Morgan fingerprint density at radius 1 is 0.906 bits per heavy atom. The number of benzene rings is 2. The van der Waals surface area contributed by atoms with Gasteiger partial charge in [-0.25, -0.2) is 9.59 Å². The van der Waals surface area contributed by atoms with Crippen LogP contribution in [0.1, 0.15) is 6.92 Å². The first-order valence-electron chi connectivity index (χ1n) is 8.84. The normalized spacial score (nSPS) is 11.2. The minimum absolute atomic E-state index is 0.0306. The van der Waals surface area contributed by atoms with Gasteiger partial charge in [0, 0.05) is 6.92 Å². The zero-order valence-electron chi connectivity index (χ0n) is 17.2. The Balaban J connectivity index is 2.47. The molecule has 12 nitrogen and oxygen atoms in total. The molecule has 0 saturated carbocycles. The van der Waals surface area contributed by atoms with Crippen LogP contribution in [-0.4, -0.2) is 46.7 Å². The molecule has 0 spiro atoms. The molecule has 0 bridgehead atoms. The van der Waals surface area contributed by atoms with Crippen molar-refractivity contribution in [1.82, 2.24) is 5.32 Å². The Morgan fingerprint density at radius 2 is 1.59 bits per heavy atom. The standard InChI is InChI=1S/C19H20N4O8S/c1-12(24)20-15-10-9-14(32(27,28)31-13-7-5-4-6-8-13)11-16(15)21-17(22-18(25)29-2)23-19(26)30-3/h4-11H,1-3H3,(H,20,24)(H2,21,22,23,25,26). The van der Waals surface area contributed by atoms with Crippen LogP contribution in [0.5, 0.6) is 5.75 Å². The van der Waals surface area contributed by atoms with Crippen LogP contribution >= 0.6 is 0 Å². The van der Waals surface area contributed by atoms with Crippen molar-refractivity contribution in [3.8, 4) is 5.75 Å². The molecule has 0 aliphatic carbocycles. The molecule has 32 heavy (non-hydrogen) atoms. The highest BCUT2D eigenvalue weighted by Crippen LogP contribution is 2.27. The highest BCUT2D eigenvalue weighted by molar-refractivity contribution is 7.87. The molecule has 3 amide bonds. The maximum absolute atomic E-state index is 12.7. The first-order valence-corrected chi connectivity index (χ1v) is 10.2. The molecular formula is C19H20N4O8S. The number of carbonyl (C=O) groups excluding carboxylic acids is 3. The number of alkyl carbamates (subject to hydrolysis) is 1. The summed E-state index contributed by atoms with van der Waals surface area (Å²) < 4.78 is 39.4. The van der Waals surface area contributed by atoms with Crippen molar-refractivity contribution in [2.45, 2.75) is 11.8 Å². The van der Waals surface area contributed by atoms with E-state index in [2.05, 4.69) is 30.4 Å². The van der Waals surface area contributed by atoms with Crippen LogP contribution < -0.4 is 20.1 Å². The van der Waals surface area contributed by atoms with Crippen molar-refractivity contribution >= 4 is 45.5 Å². The van der Waals surface area contributed by atoms with Crippen LogP contribution in [0, 0.1) is 0 Å². The van der Waals surface area contributed by atoms with Gasteiger partial charge in [0.1, 0.15) is 10.6 Å². The first kappa shape index (κ1) is 24.1. The number of methoxy groups -OCH3 is 2. The second-order valence-electron chi connectivity index (χ2n) is 5.91. The zero-order chi connectivity index (χ0) is 23.7. The van der Waals surface area contributed by atoms with Gasteiger partial charge in [-0.1, -0.05) is 18.2 Å². The number of rotatable bonds is 5. The van der Waals surface area contributed by atoms with Crippen LogP contribution in [0.4, 0.5) is 21.0 Å². The monoisotopic (exact) mass is 464 g/mol. The Morgan fingerprint density at radius 3 is 2.19 bits per heavy atom. The van der Waals surface area contributed by atoms with Crippen molar-refractivity contribution < 1.29 is 36.5 Å². The van der Waals surface area contributed by atoms with Gasteiger partial charge >= 0.3 is 22.3 Å². The zero-order valence-corrected chi connectivity index (χ0v) is 18.1. The van der Waals surface area contributed by atoms with E-state index < -0.39 is 34.2 Å². The molecule has 0 aromatic heterocycles.